The van der Waals surface area contributed by atoms with Gasteiger partial charge in [-0.15, -0.1) is 0 Å². The molecule has 4 N–H and O–H groups in total. The zero-order chi connectivity index (χ0) is 18.5. The Labute approximate surface area is 157 Å². The van der Waals surface area contributed by atoms with Gasteiger partial charge in [-0.1, -0.05) is 11.6 Å². The molecule has 2 aromatic carbocycles. The molecule has 7 heteroatoms. The molecular formula is C19H20ClN5O. The van der Waals surface area contributed by atoms with E-state index >= 15 is 0 Å². The van der Waals surface area contributed by atoms with E-state index in [1.54, 1.807) is 0 Å². The van der Waals surface area contributed by atoms with Gasteiger partial charge in [0.15, 0.2) is 11.6 Å². The zero-order valence-corrected chi connectivity index (χ0v) is 15.3. The Bertz CT molecular complexity index is 899. The van der Waals surface area contributed by atoms with Crippen molar-refractivity contribution in [2.75, 3.05) is 23.0 Å². The standard InChI is InChI=1S/C19H20ClN5O/c1-3-26-15-7-5-14(6-8-15)24-18-17(21)19(23-11-22-18)25-16-9-4-13(20)10-12(16)2/h4-11H,3,21H2,1-2H3,(H2,22,23,24,25). The largest absolute Gasteiger partial charge is 0.494 e. The van der Waals surface area contributed by atoms with E-state index in [1.807, 2.05) is 56.3 Å². The van der Waals surface area contributed by atoms with Crippen LogP contribution in [0.25, 0.3) is 0 Å². The predicted molar refractivity (Wildman–Crippen MR) is 107 cm³/mol. The summed E-state index contributed by atoms with van der Waals surface area (Å²) in [5.74, 6) is 1.87. The number of nitrogens with zero attached hydrogens (tertiary/aromatic N) is 2. The summed E-state index contributed by atoms with van der Waals surface area (Å²) >= 11 is 6.00. The molecule has 0 aliphatic carbocycles. The maximum Gasteiger partial charge on any atom is 0.159 e. The highest BCUT2D eigenvalue weighted by molar-refractivity contribution is 6.30. The minimum Gasteiger partial charge on any atom is -0.494 e. The summed E-state index contributed by atoms with van der Waals surface area (Å²) in [5, 5.41) is 7.11. The Morgan fingerprint density at radius 1 is 1.04 bits per heavy atom. The van der Waals surface area contributed by atoms with Crippen LogP contribution >= 0.6 is 11.6 Å². The molecule has 1 heterocycles. The van der Waals surface area contributed by atoms with E-state index in [2.05, 4.69) is 20.6 Å². The fourth-order valence-electron chi connectivity index (χ4n) is 2.43. The molecule has 0 amide bonds. The van der Waals surface area contributed by atoms with E-state index in [0.29, 0.717) is 29.0 Å². The van der Waals surface area contributed by atoms with E-state index < -0.39 is 0 Å². The molecule has 0 saturated carbocycles. The summed E-state index contributed by atoms with van der Waals surface area (Å²) < 4.78 is 5.44. The van der Waals surface area contributed by atoms with Gasteiger partial charge in [-0.2, -0.15) is 0 Å². The molecule has 6 nitrogen and oxygen atoms in total. The van der Waals surface area contributed by atoms with Gasteiger partial charge in [-0.3, -0.25) is 0 Å². The van der Waals surface area contributed by atoms with Crippen molar-refractivity contribution in [3.63, 3.8) is 0 Å². The topological polar surface area (TPSA) is 85.1 Å². The van der Waals surface area contributed by atoms with Gasteiger partial charge in [0.1, 0.15) is 17.8 Å². The maximum absolute atomic E-state index is 6.24. The van der Waals surface area contributed by atoms with Crippen molar-refractivity contribution < 1.29 is 4.74 Å². The molecule has 1 aromatic heterocycles. The van der Waals surface area contributed by atoms with Crippen LogP contribution in [0.2, 0.25) is 5.02 Å². The van der Waals surface area contributed by atoms with Gasteiger partial charge in [0.2, 0.25) is 0 Å². The van der Waals surface area contributed by atoms with Crippen molar-refractivity contribution in [1.29, 1.82) is 0 Å². The maximum atomic E-state index is 6.24. The summed E-state index contributed by atoms with van der Waals surface area (Å²) in [6, 6.07) is 13.2. The molecule has 0 radical (unpaired) electrons. The lowest BCUT2D eigenvalue weighted by Gasteiger charge is -2.14. The van der Waals surface area contributed by atoms with Crippen LogP contribution in [0, 0.1) is 6.92 Å². The van der Waals surface area contributed by atoms with Crippen LogP contribution in [-0.2, 0) is 0 Å². The number of nitrogen functional groups attached to an aromatic ring is 1. The molecule has 0 aliphatic rings. The molecule has 0 saturated heterocycles. The number of benzene rings is 2. The Kier molecular flexibility index (Phi) is 5.43. The fraction of sp³-hybridized carbons (Fsp3) is 0.158. The van der Waals surface area contributed by atoms with Crippen LogP contribution in [0.1, 0.15) is 12.5 Å². The van der Waals surface area contributed by atoms with Crippen molar-refractivity contribution in [1.82, 2.24) is 9.97 Å². The zero-order valence-electron chi connectivity index (χ0n) is 14.6. The first-order valence-electron chi connectivity index (χ1n) is 8.20. The van der Waals surface area contributed by atoms with Crippen LogP contribution in [0.15, 0.2) is 48.8 Å². The Hall–Kier alpha value is -2.99. The number of rotatable bonds is 6. The van der Waals surface area contributed by atoms with Gasteiger partial charge in [-0.25, -0.2) is 9.97 Å². The molecule has 0 bridgehead atoms. The molecule has 0 atom stereocenters. The molecule has 134 valence electrons. The quantitative estimate of drug-likeness (QED) is 0.572. The van der Waals surface area contributed by atoms with Crippen molar-refractivity contribution in [2.24, 2.45) is 0 Å². The second-order valence-electron chi connectivity index (χ2n) is 5.65. The summed E-state index contributed by atoms with van der Waals surface area (Å²) in [6.07, 6.45) is 1.46. The lowest BCUT2D eigenvalue weighted by molar-refractivity contribution is 0.340. The lowest BCUT2D eigenvalue weighted by Crippen LogP contribution is -2.05. The van der Waals surface area contributed by atoms with E-state index in [4.69, 9.17) is 22.1 Å². The molecule has 0 spiro atoms. The summed E-state index contributed by atoms with van der Waals surface area (Å²) in [5.41, 5.74) is 9.39. The first-order valence-corrected chi connectivity index (χ1v) is 8.58. The van der Waals surface area contributed by atoms with E-state index in [0.717, 1.165) is 22.7 Å². The minimum absolute atomic E-state index is 0.427. The van der Waals surface area contributed by atoms with Gasteiger partial charge in [0.05, 0.1) is 6.61 Å². The SMILES string of the molecule is CCOc1ccc(Nc2ncnc(Nc3ccc(Cl)cc3C)c2N)cc1. The van der Waals surface area contributed by atoms with Gasteiger partial charge >= 0.3 is 0 Å². The van der Waals surface area contributed by atoms with Crippen LogP contribution in [-0.4, -0.2) is 16.6 Å². The summed E-state index contributed by atoms with van der Waals surface area (Å²) in [6.45, 7) is 4.54. The van der Waals surface area contributed by atoms with E-state index in [1.165, 1.54) is 6.33 Å². The van der Waals surface area contributed by atoms with E-state index in [-0.39, 0.29) is 0 Å². The molecule has 0 aliphatic heterocycles. The van der Waals surface area contributed by atoms with Crippen LogP contribution in [0.3, 0.4) is 0 Å². The second kappa shape index (κ2) is 7.93. The number of hydrogen-bond donors (Lipinski definition) is 3. The second-order valence-corrected chi connectivity index (χ2v) is 6.09. The first kappa shape index (κ1) is 17.8. The highest BCUT2D eigenvalue weighted by atomic mass is 35.5. The molecule has 3 aromatic rings. The molecule has 26 heavy (non-hydrogen) atoms. The van der Waals surface area contributed by atoms with Crippen molar-refractivity contribution in [3.05, 3.63) is 59.4 Å². The normalized spacial score (nSPS) is 10.4. The number of halogens is 1. The third-order valence-electron chi connectivity index (χ3n) is 3.75. The Morgan fingerprint density at radius 3 is 2.38 bits per heavy atom. The molecule has 0 fully saturated rings. The highest BCUT2D eigenvalue weighted by Crippen LogP contribution is 2.30. The number of aromatic nitrogens is 2. The monoisotopic (exact) mass is 369 g/mol. The Balaban J connectivity index is 1.80. The number of aryl methyl sites for hydroxylation is 1. The number of anilines is 5. The average Bonchev–Trinajstić information content (AvgIpc) is 2.62. The molecule has 3 rings (SSSR count). The summed E-state index contributed by atoms with van der Waals surface area (Å²) in [4.78, 5) is 8.47. The van der Waals surface area contributed by atoms with Crippen LogP contribution in [0.4, 0.5) is 28.7 Å². The van der Waals surface area contributed by atoms with Crippen LogP contribution < -0.4 is 21.1 Å². The smallest absolute Gasteiger partial charge is 0.159 e. The Morgan fingerprint density at radius 2 is 1.73 bits per heavy atom. The van der Waals surface area contributed by atoms with E-state index in [9.17, 15) is 0 Å². The minimum atomic E-state index is 0.427. The van der Waals surface area contributed by atoms with Crippen molar-refractivity contribution in [3.8, 4) is 5.75 Å². The third kappa shape index (κ3) is 4.15. The summed E-state index contributed by atoms with van der Waals surface area (Å²) in [7, 11) is 0. The van der Waals surface area contributed by atoms with Gasteiger partial charge in [0, 0.05) is 16.4 Å². The number of nitrogens with one attached hydrogen (secondary N) is 2. The van der Waals surface area contributed by atoms with Crippen LogP contribution in [0.5, 0.6) is 5.75 Å². The van der Waals surface area contributed by atoms with Gasteiger partial charge in [-0.05, 0) is 61.9 Å². The molecule has 0 unspecified atom stereocenters. The molecular weight excluding hydrogens is 350 g/mol. The number of nitrogens with two attached hydrogens (primary N) is 1. The van der Waals surface area contributed by atoms with Crippen molar-refractivity contribution >= 4 is 40.3 Å². The number of ether oxygens (including phenoxy) is 1. The van der Waals surface area contributed by atoms with Gasteiger partial charge in [0.25, 0.3) is 0 Å². The third-order valence-corrected chi connectivity index (χ3v) is 3.99. The number of hydrogen-bond acceptors (Lipinski definition) is 6. The van der Waals surface area contributed by atoms with Gasteiger partial charge < -0.3 is 21.1 Å². The van der Waals surface area contributed by atoms with Crippen molar-refractivity contribution in [2.45, 2.75) is 13.8 Å². The average molecular weight is 370 g/mol. The lowest BCUT2D eigenvalue weighted by atomic mass is 10.2. The fourth-order valence-corrected chi connectivity index (χ4v) is 2.65. The first-order chi connectivity index (χ1) is 12.6. The predicted octanol–water partition coefficient (Wildman–Crippen LogP) is 4.91. The highest BCUT2D eigenvalue weighted by Gasteiger charge is 2.10.